The molecule has 0 bridgehead atoms. The van der Waals surface area contributed by atoms with Crippen molar-refractivity contribution in [2.24, 2.45) is 0 Å². The highest BCUT2D eigenvalue weighted by molar-refractivity contribution is 7.16. The second-order valence-electron chi connectivity index (χ2n) is 6.14. The Balaban J connectivity index is 1.64. The summed E-state index contributed by atoms with van der Waals surface area (Å²) in [5.41, 5.74) is 5.05. The second-order valence-corrected chi connectivity index (χ2v) is 7.22. The third-order valence-electron chi connectivity index (χ3n) is 4.39. The fourth-order valence-electron chi connectivity index (χ4n) is 3.11. The number of benzene rings is 2. The number of amides is 1. The van der Waals surface area contributed by atoms with E-state index >= 15 is 0 Å². The van der Waals surface area contributed by atoms with E-state index in [2.05, 4.69) is 16.4 Å². The number of rotatable bonds is 3. The van der Waals surface area contributed by atoms with Crippen LogP contribution in [0.1, 0.15) is 26.4 Å². The zero-order valence-corrected chi connectivity index (χ0v) is 14.9. The van der Waals surface area contributed by atoms with Gasteiger partial charge in [0.2, 0.25) is 0 Å². The van der Waals surface area contributed by atoms with E-state index in [1.165, 1.54) is 10.4 Å². The van der Waals surface area contributed by atoms with Crippen LogP contribution in [0, 0.1) is 6.92 Å². The first-order chi connectivity index (χ1) is 12.1. The Kier molecular flexibility index (Phi) is 4.01. The molecule has 0 saturated carbocycles. The first-order valence-electron chi connectivity index (χ1n) is 8.19. The summed E-state index contributed by atoms with van der Waals surface area (Å²) < 4.78 is 5.34. The average molecular weight is 350 g/mol. The first kappa shape index (κ1) is 15.8. The van der Waals surface area contributed by atoms with E-state index in [0.717, 1.165) is 35.4 Å². The monoisotopic (exact) mass is 350 g/mol. The number of nitrogens with zero attached hydrogens (tertiary/aromatic N) is 1. The van der Waals surface area contributed by atoms with Crippen molar-refractivity contribution in [2.75, 3.05) is 12.4 Å². The molecule has 0 atom stereocenters. The van der Waals surface area contributed by atoms with E-state index in [9.17, 15) is 4.79 Å². The normalized spacial score (nSPS) is 12.2. The van der Waals surface area contributed by atoms with Gasteiger partial charge in [0, 0.05) is 16.0 Å². The van der Waals surface area contributed by atoms with Crippen molar-refractivity contribution in [3.63, 3.8) is 0 Å². The molecule has 4 rings (SSSR count). The summed E-state index contributed by atoms with van der Waals surface area (Å²) in [7, 11) is 1.67. The van der Waals surface area contributed by atoms with Crippen molar-refractivity contribution in [3.8, 4) is 17.0 Å². The summed E-state index contributed by atoms with van der Waals surface area (Å²) in [4.78, 5) is 18.4. The van der Waals surface area contributed by atoms with Gasteiger partial charge in [-0.3, -0.25) is 10.1 Å². The van der Waals surface area contributed by atoms with Gasteiger partial charge < -0.3 is 4.74 Å². The lowest BCUT2D eigenvalue weighted by Crippen LogP contribution is -2.11. The molecular formula is C20H18N2O2S. The zero-order chi connectivity index (χ0) is 17.4. The van der Waals surface area contributed by atoms with E-state index in [0.29, 0.717) is 10.7 Å². The predicted molar refractivity (Wildman–Crippen MR) is 101 cm³/mol. The summed E-state index contributed by atoms with van der Waals surface area (Å²) in [6, 6.07) is 13.7. The molecule has 1 N–H and O–H groups in total. The minimum atomic E-state index is -0.124. The number of aryl methyl sites for hydroxylation is 3. The lowest BCUT2D eigenvalue weighted by Gasteiger charge is -2.15. The molecule has 1 heterocycles. The largest absolute Gasteiger partial charge is 0.497 e. The van der Waals surface area contributed by atoms with Crippen molar-refractivity contribution in [1.29, 1.82) is 0 Å². The van der Waals surface area contributed by atoms with Crippen molar-refractivity contribution < 1.29 is 9.53 Å². The molecule has 0 unspecified atom stereocenters. The Morgan fingerprint density at radius 1 is 1.20 bits per heavy atom. The highest BCUT2D eigenvalue weighted by atomic mass is 32.1. The van der Waals surface area contributed by atoms with Crippen LogP contribution in [-0.4, -0.2) is 18.0 Å². The van der Waals surface area contributed by atoms with Crippen LogP contribution in [-0.2, 0) is 12.8 Å². The van der Waals surface area contributed by atoms with Gasteiger partial charge in [-0.05, 0) is 49.6 Å². The molecule has 1 aromatic heterocycles. The van der Waals surface area contributed by atoms with Crippen LogP contribution < -0.4 is 10.1 Å². The molecular weight excluding hydrogens is 332 g/mol. The van der Waals surface area contributed by atoms with Gasteiger partial charge in [0.1, 0.15) is 5.75 Å². The fraction of sp³-hybridized carbons (Fsp3) is 0.200. The number of carbonyl (C=O) groups is 1. The molecule has 1 aliphatic rings. The topological polar surface area (TPSA) is 51.2 Å². The Hall–Kier alpha value is -2.66. The number of thiazole rings is 1. The molecule has 0 saturated heterocycles. The highest BCUT2D eigenvalue weighted by Crippen LogP contribution is 2.39. The van der Waals surface area contributed by atoms with E-state index in [1.54, 1.807) is 18.4 Å². The van der Waals surface area contributed by atoms with Crippen LogP contribution in [0.4, 0.5) is 5.13 Å². The van der Waals surface area contributed by atoms with Crippen LogP contribution in [0.3, 0.4) is 0 Å². The number of anilines is 1. The van der Waals surface area contributed by atoms with Crippen LogP contribution in [0.15, 0.2) is 42.5 Å². The fourth-order valence-corrected chi connectivity index (χ4v) is 4.08. The molecule has 0 aliphatic heterocycles. The molecule has 2 aromatic carbocycles. The van der Waals surface area contributed by atoms with Crippen molar-refractivity contribution in [2.45, 2.75) is 19.8 Å². The Morgan fingerprint density at radius 3 is 2.88 bits per heavy atom. The number of methoxy groups -OCH3 is 1. The number of fused-ring (bicyclic) bond motifs is 3. The minimum absolute atomic E-state index is 0.124. The van der Waals surface area contributed by atoms with E-state index < -0.39 is 0 Å². The predicted octanol–water partition coefficient (Wildman–Crippen LogP) is 4.48. The number of hydrogen-bond acceptors (Lipinski definition) is 4. The number of aromatic nitrogens is 1. The van der Waals surface area contributed by atoms with Gasteiger partial charge in [0.15, 0.2) is 5.13 Å². The van der Waals surface area contributed by atoms with Crippen LogP contribution in [0.2, 0.25) is 0 Å². The number of hydrogen-bond donors (Lipinski definition) is 1. The average Bonchev–Trinajstić information content (AvgIpc) is 3.04. The third kappa shape index (κ3) is 3.03. The Bertz CT molecular complexity index is 962. The second kappa shape index (κ2) is 6.33. The van der Waals surface area contributed by atoms with Gasteiger partial charge >= 0.3 is 0 Å². The molecule has 3 aromatic rings. The summed E-state index contributed by atoms with van der Waals surface area (Å²) in [5.74, 6) is 0.700. The standard InChI is InChI=1S/C20H18N2O2S/c1-12-4-3-5-14(10-12)19(23)22-20-21-18-16-11-15(24-2)8-6-13(16)7-9-17(18)25-20/h3-6,8,10-11H,7,9H2,1-2H3,(H,21,22,23). The lowest BCUT2D eigenvalue weighted by atomic mass is 9.93. The molecule has 1 aliphatic carbocycles. The molecule has 4 nitrogen and oxygen atoms in total. The van der Waals surface area contributed by atoms with Gasteiger partial charge in [0.25, 0.3) is 5.91 Å². The number of nitrogens with one attached hydrogen (secondary N) is 1. The summed E-state index contributed by atoms with van der Waals surface area (Å²) in [6.45, 7) is 1.98. The van der Waals surface area contributed by atoms with Gasteiger partial charge in [-0.2, -0.15) is 0 Å². The molecule has 5 heteroatoms. The van der Waals surface area contributed by atoms with Crippen LogP contribution in [0.5, 0.6) is 5.75 Å². The molecule has 126 valence electrons. The third-order valence-corrected chi connectivity index (χ3v) is 5.42. The van der Waals surface area contributed by atoms with Gasteiger partial charge in [-0.1, -0.05) is 23.8 Å². The molecule has 25 heavy (non-hydrogen) atoms. The summed E-state index contributed by atoms with van der Waals surface area (Å²) in [6.07, 6.45) is 1.94. The maximum absolute atomic E-state index is 12.5. The smallest absolute Gasteiger partial charge is 0.257 e. The lowest BCUT2D eigenvalue weighted by molar-refractivity contribution is 0.102. The van der Waals surface area contributed by atoms with E-state index in [4.69, 9.17) is 4.74 Å². The van der Waals surface area contributed by atoms with Crippen molar-refractivity contribution >= 4 is 22.4 Å². The van der Waals surface area contributed by atoms with E-state index in [-0.39, 0.29) is 5.91 Å². The van der Waals surface area contributed by atoms with Crippen molar-refractivity contribution in [1.82, 2.24) is 4.98 Å². The maximum Gasteiger partial charge on any atom is 0.257 e. The summed E-state index contributed by atoms with van der Waals surface area (Å²) >= 11 is 1.56. The molecule has 0 spiro atoms. The Labute approximate surface area is 150 Å². The quantitative estimate of drug-likeness (QED) is 0.758. The van der Waals surface area contributed by atoms with E-state index in [1.807, 2.05) is 43.3 Å². The Morgan fingerprint density at radius 2 is 2.08 bits per heavy atom. The molecule has 0 radical (unpaired) electrons. The number of carbonyl (C=O) groups excluding carboxylic acids is 1. The zero-order valence-electron chi connectivity index (χ0n) is 14.1. The highest BCUT2D eigenvalue weighted by Gasteiger charge is 2.22. The van der Waals surface area contributed by atoms with Gasteiger partial charge in [0.05, 0.1) is 12.8 Å². The maximum atomic E-state index is 12.5. The van der Waals surface area contributed by atoms with Crippen LogP contribution in [0.25, 0.3) is 11.3 Å². The number of ether oxygens (including phenoxy) is 1. The molecule has 0 fully saturated rings. The first-order valence-corrected chi connectivity index (χ1v) is 9.00. The molecule has 1 amide bonds. The minimum Gasteiger partial charge on any atom is -0.497 e. The summed E-state index contributed by atoms with van der Waals surface area (Å²) in [5, 5.41) is 3.58. The van der Waals surface area contributed by atoms with Crippen LogP contribution >= 0.6 is 11.3 Å². The van der Waals surface area contributed by atoms with Crippen molar-refractivity contribution in [3.05, 3.63) is 64.0 Å². The van der Waals surface area contributed by atoms with Gasteiger partial charge in [-0.15, -0.1) is 11.3 Å². The van der Waals surface area contributed by atoms with Gasteiger partial charge in [-0.25, -0.2) is 4.98 Å². The SMILES string of the molecule is COc1ccc2c(c1)-c1nc(NC(=O)c3cccc(C)c3)sc1CC2.